The van der Waals surface area contributed by atoms with Crippen LogP contribution in [-0.2, 0) is 11.2 Å². The van der Waals surface area contributed by atoms with E-state index in [4.69, 9.17) is 6.17 Å². The summed E-state index contributed by atoms with van der Waals surface area (Å²) in [7, 11) is 5.24. The van der Waals surface area contributed by atoms with E-state index in [1.807, 2.05) is 44.1 Å². The van der Waals surface area contributed by atoms with Gasteiger partial charge in [0.2, 0.25) is 1.43 Å². The SMILES string of the molecule is CCc1cccc(C)c1OCC(=O)NCCN(C)C.[3H]OC. The van der Waals surface area contributed by atoms with Gasteiger partial charge in [-0.3, -0.25) is 4.79 Å². The molecule has 1 rings (SSSR count). The smallest absolute Gasteiger partial charge is 0.257 e. The maximum atomic E-state index is 11.7. The lowest BCUT2D eigenvalue weighted by Crippen LogP contribution is -2.34. The van der Waals surface area contributed by atoms with Crippen molar-refractivity contribution < 1.29 is 14.6 Å². The highest BCUT2D eigenvalue weighted by Crippen LogP contribution is 2.23. The lowest BCUT2D eigenvalue weighted by Gasteiger charge is -2.14. The van der Waals surface area contributed by atoms with Gasteiger partial charge in [0.05, 0.1) is 0 Å². The monoisotopic (exact) mass is 298 g/mol. The van der Waals surface area contributed by atoms with Crippen molar-refractivity contribution >= 4 is 5.91 Å². The zero-order chi connectivity index (χ0) is 17.0. The number of aliphatic hydroxyl groups excluding tert-OH is 1. The minimum Gasteiger partial charge on any atom is -0.483 e. The number of amides is 1. The second kappa shape index (κ2) is 11.1. The normalized spacial score (nSPS) is 10.5. The number of nitrogens with one attached hydrogen (secondary N) is 1. The molecule has 0 aliphatic carbocycles. The maximum absolute atomic E-state index is 11.7. The molecule has 0 saturated carbocycles. The van der Waals surface area contributed by atoms with Gasteiger partial charge in [-0.15, -0.1) is 0 Å². The lowest BCUT2D eigenvalue weighted by atomic mass is 10.1. The zero-order valence-electron chi connectivity index (χ0n) is 14.7. The van der Waals surface area contributed by atoms with Crippen LogP contribution >= 0.6 is 0 Å². The molecule has 0 fully saturated rings. The van der Waals surface area contributed by atoms with Gasteiger partial charge in [-0.25, -0.2) is 0 Å². The van der Waals surface area contributed by atoms with Gasteiger partial charge in [-0.05, 0) is 38.6 Å². The Bertz CT molecular complexity index is 439. The van der Waals surface area contributed by atoms with Crippen molar-refractivity contribution in [1.82, 2.24) is 10.2 Å². The number of carbonyl (C=O) groups is 1. The molecular formula is C16H28N2O3. The van der Waals surface area contributed by atoms with E-state index >= 15 is 0 Å². The number of likely N-dealkylation sites (N-methyl/N-ethyl adjacent to an activating group) is 1. The number of ether oxygens (including phenoxy) is 1. The highest BCUT2D eigenvalue weighted by atomic mass is 16.5. The zero-order valence-corrected chi connectivity index (χ0v) is 13.7. The van der Waals surface area contributed by atoms with Gasteiger partial charge < -0.3 is 20.1 Å². The van der Waals surface area contributed by atoms with Crippen LogP contribution in [0, 0.1) is 6.92 Å². The van der Waals surface area contributed by atoms with Crippen molar-refractivity contribution in [2.75, 3.05) is 40.9 Å². The van der Waals surface area contributed by atoms with Gasteiger partial charge in [0.15, 0.2) is 6.61 Å². The number of hydrogen-bond acceptors (Lipinski definition) is 4. The molecule has 1 aromatic rings. The van der Waals surface area contributed by atoms with Crippen LogP contribution in [0.4, 0.5) is 0 Å². The standard InChI is InChI=1S/C15H24N2O2.CH4O/c1-5-13-8-6-7-12(2)15(13)19-11-14(18)16-9-10-17(3)4;1-2/h6-8H,5,9-11H2,1-4H3,(H,16,18);2H,1H3/i;2T. The van der Waals surface area contributed by atoms with Crippen LogP contribution in [0.1, 0.15) is 18.1 Å². The Morgan fingerprint density at radius 3 is 2.71 bits per heavy atom. The topological polar surface area (TPSA) is 61.8 Å². The molecule has 2 N–H and O–H groups in total. The molecule has 0 aliphatic rings. The molecule has 0 aromatic heterocycles. The molecule has 1 aromatic carbocycles. The number of nitrogens with zero attached hydrogens (tertiary/aromatic N) is 1. The molecule has 0 radical (unpaired) electrons. The maximum Gasteiger partial charge on any atom is 0.257 e. The number of para-hydroxylation sites is 1. The molecule has 5 nitrogen and oxygen atoms in total. The summed E-state index contributed by atoms with van der Waals surface area (Å²) in [6, 6.07) is 6.04. The van der Waals surface area contributed by atoms with E-state index in [2.05, 4.69) is 17.3 Å². The average Bonchev–Trinajstić information content (AvgIpc) is 2.46. The Morgan fingerprint density at radius 1 is 1.48 bits per heavy atom. The molecule has 0 heterocycles. The van der Waals surface area contributed by atoms with E-state index in [9.17, 15) is 4.79 Å². The van der Waals surface area contributed by atoms with Crippen LogP contribution in [0.15, 0.2) is 18.2 Å². The summed E-state index contributed by atoms with van der Waals surface area (Å²) in [5, 5.41) is 6.34. The number of hydrogen-bond donors (Lipinski definition) is 2. The third-order valence-corrected chi connectivity index (χ3v) is 2.90. The molecule has 0 aliphatic heterocycles. The number of aliphatic hydroxyl groups is 1. The molecule has 0 bridgehead atoms. The minimum atomic E-state index is -0.0767. The van der Waals surface area contributed by atoms with Gasteiger partial charge in [-0.1, -0.05) is 25.1 Å². The van der Waals surface area contributed by atoms with E-state index in [1.54, 1.807) is 0 Å². The second-order valence-corrected chi connectivity index (χ2v) is 4.86. The number of benzene rings is 1. The molecule has 0 saturated heterocycles. The van der Waals surface area contributed by atoms with Crippen molar-refractivity contribution in [3.63, 3.8) is 0 Å². The fourth-order valence-electron chi connectivity index (χ4n) is 1.81. The van der Waals surface area contributed by atoms with Gasteiger partial charge in [0, 0.05) is 20.2 Å². The molecule has 0 atom stereocenters. The Morgan fingerprint density at radius 2 is 2.14 bits per heavy atom. The third-order valence-electron chi connectivity index (χ3n) is 2.90. The second-order valence-electron chi connectivity index (χ2n) is 4.86. The van der Waals surface area contributed by atoms with E-state index in [1.165, 1.54) is 7.11 Å². The molecule has 120 valence electrons. The highest BCUT2D eigenvalue weighted by molar-refractivity contribution is 5.77. The first-order valence-corrected chi connectivity index (χ1v) is 7.08. The van der Waals surface area contributed by atoms with Crippen molar-refractivity contribution in [3.05, 3.63) is 29.3 Å². The predicted octanol–water partition coefficient (Wildman–Crippen LogP) is 1.22. The third kappa shape index (κ3) is 7.68. The van der Waals surface area contributed by atoms with Gasteiger partial charge >= 0.3 is 0 Å². The van der Waals surface area contributed by atoms with Crippen LogP contribution in [-0.4, -0.2) is 58.2 Å². The first-order chi connectivity index (χ1) is 10.5. The molecule has 0 spiro atoms. The minimum absolute atomic E-state index is 0.0747. The summed E-state index contributed by atoms with van der Waals surface area (Å²) in [6.45, 7) is 5.63. The Kier molecular flexibility index (Phi) is 9.24. The molecule has 1 amide bonds. The van der Waals surface area contributed by atoms with E-state index in [0.717, 1.165) is 29.8 Å². The quantitative estimate of drug-likeness (QED) is 0.794. The molecule has 0 unspecified atom stereocenters. The molecule has 21 heavy (non-hydrogen) atoms. The van der Waals surface area contributed by atoms with E-state index in [-0.39, 0.29) is 12.5 Å². The summed E-state index contributed by atoms with van der Waals surface area (Å²) in [6.07, 6.45) is 0.902. The lowest BCUT2D eigenvalue weighted by molar-refractivity contribution is -0.123. The summed E-state index contributed by atoms with van der Waals surface area (Å²) < 4.78 is 11.4. The van der Waals surface area contributed by atoms with Crippen molar-refractivity contribution in [2.24, 2.45) is 0 Å². The fourth-order valence-corrected chi connectivity index (χ4v) is 1.81. The van der Waals surface area contributed by atoms with Gasteiger partial charge in [0.1, 0.15) is 5.75 Å². The highest BCUT2D eigenvalue weighted by Gasteiger charge is 2.08. The van der Waals surface area contributed by atoms with Gasteiger partial charge in [-0.2, -0.15) is 0 Å². The number of rotatable bonds is 7. The van der Waals surface area contributed by atoms with Crippen molar-refractivity contribution in [3.8, 4) is 5.75 Å². The Labute approximate surface area is 129 Å². The van der Waals surface area contributed by atoms with E-state index < -0.39 is 0 Å². The average molecular weight is 298 g/mol. The first-order valence-electron chi connectivity index (χ1n) is 7.49. The largest absolute Gasteiger partial charge is 0.483 e. The summed E-state index contributed by atoms with van der Waals surface area (Å²) in [4.78, 5) is 13.7. The fraction of sp³-hybridized carbons (Fsp3) is 0.562. The van der Waals surface area contributed by atoms with Crippen LogP contribution in [0.3, 0.4) is 0 Å². The van der Waals surface area contributed by atoms with Crippen LogP contribution in [0.2, 0.25) is 0 Å². The first kappa shape index (κ1) is 17.5. The summed E-state index contributed by atoms with van der Waals surface area (Å²) in [5.41, 5.74) is 2.21. The van der Waals surface area contributed by atoms with Crippen molar-refractivity contribution in [2.45, 2.75) is 20.3 Å². The number of aryl methyl sites for hydroxylation is 2. The van der Waals surface area contributed by atoms with Crippen molar-refractivity contribution in [1.29, 1.82) is 1.43 Å². The Balaban J connectivity index is 0.00000135. The van der Waals surface area contributed by atoms with E-state index in [0.29, 0.717) is 6.54 Å². The van der Waals surface area contributed by atoms with Crippen LogP contribution < -0.4 is 10.1 Å². The summed E-state index contributed by atoms with van der Waals surface area (Å²) in [5.74, 6) is 0.764. The molecular weight excluding hydrogens is 268 g/mol. The molecule has 5 heteroatoms. The van der Waals surface area contributed by atoms with Crippen LogP contribution in [0.5, 0.6) is 5.75 Å². The Hall–Kier alpha value is -1.59. The van der Waals surface area contributed by atoms with Gasteiger partial charge in [0.25, 0.3) is 5.91 Å². The predicted molar refractivity (Wildman–Crippen MR) is 85.8 cm³/mol. The number of carbonyl (C=O) groups excluding carboxylic acids is 1. The summed E-state index contributed by atoms with van der Waals surface area (Å²) >= 11 is 0. The van der Waals surface area contributed by atoms with Crippen LogP contribution in [0.25, 0.3) is 0 Å².